The lowest BCUT2D eigenvalue weighted by atomic mass is 10.1. The molecule has 0 saturated heterocycles. The van der Waals surface area contributed by atoms with Gasteiger partial charge in [-0.1, -0.05) is 30.7 Å². The van der Waals surface area contributed by atoms with Crippen LogP contribution in [0.15, 0.2) is 36.1 Å². The van der Waals surface area contributed by atoms with Crippen molar-refractivity contribution in [3.8, 4) is 6.01 Å². The Morgan fingerprint density at radius 1 is 1.28 bits per heavy atom. The van der Waals surface area contributed by atoms with Gasteiger partial charge >= 0.3 is 6.01 Å². The number of aromatic nitrogens is 2. The highest BCUT2D eigenvalue weighted by Gasteiger charge is 2.20. The van der Waals surface area contributed by atoms with Crippen LogP contribution in [0.3, 0.4) is 0 Å². The maximum Gasteiger partial charge on any atom is 0.304 e. The molecule has 6 heteroatoms. The molecule has 0 bridgehead atoms. The minimum Gasteiger partial charge on any atom is -0.430 e. The largest absolute Gasteiger partial charge is 0.430 e. The van der Waals surface area contributed by atoms with E-state index in [2.05, 4.69) is 21.8 Å². The van der Waals surface area contributed by atoms with Crippen LogP contribution < -0.4 is 10.1 Å². The van der Waals surface area contributed by atoms with Crippen molar-refractivity contribution in [1.82, 2.24) is 9.55 Å². The average Bonchev–Trinajstić information content (AvgIpc) is 2.93. The first-order valence-corrected chi connectivity index (χ1v) is 8.91. The number of ether oxygens (including phenoxy) is 1. The number of anilines is 1. The van der Waals surface area contributed by atoms with E-state index in [4.69, 9.17) is 16.3 Å². The molecule has 0 fully saturated rings. The minimum atomic E-state index is 0.113. The highest BCUT2D eigenvalue weighted by molar-refractivity contribution is 6.30. The Labute approximate surface area is 152 Å². The second kappa shape index (κ2) is 7.74. The number of halogens is 1. The molecule has 0 saturated carbocycles. The second-order valence-electron chi connectivity index (χ2n) is 6.04. The summed E-state index contributed by atoms with van der Waals surface area (Å²) in [6.45, 7) is 2.72. The molecule has 0 amide bonds. The highest BCUT2D eigenvalue weighted by Crippen LogP contribution is 2.28. The number of rotatable bonds is 6. The molecular weight excluding hydrogens is 338 g/mol. The SMILES string of the molecule is CCc1c(NC)nc(OC2=CC(=O)CCC2)n1Cc1ccc(Cl)cc1. The first-order valence-electron chi connectivity index (χ1n) is 8.53. The van der Waals surface area contributed by atoms with Gasteiger partial charge < -0.3 is 10.1 Å². The summed E-state index contributed by atoms with van der Waals surface area (Å²) < 4.78 is 8.05. The van der Waals surface area contributed by atoms with Crippen molar-refractivity contribution < 1.29 is 9.53 Å². The van der Waals surface area contributed by atoms with Crippen LogP contribution in [0.25, 0.3) is 0 Å². The molecule has 1 aliphatic rings. The topological polar surface area (TPSA) is 56.2 Å². The van der Waals surface area contributed by atoms with Crippen molar-refractivity contribution in [1.29, 1.82) is 0 Å². The quantitative estimate of drug-likeness (QED) is 0.839. The van der Waals surface area contributed by atoms with Gasteiger partial charge in [-0.05, 0) is 30.5 Å². The van der Waals surface area contributed by atoms with Crippen LogP contribution in [-0.4, -0.2) is 22.4 Å². The molecule has 132 valence electrons. The number of allylic oxidation sites excluding steroid dienone is 2. The van der Waals surface area contributed by atoms with Crippen LogP contribution in [0.4, 0.5) is 5.82 Å². The lowest BCUT2D eigenvalue weighted by Gasteiger charge is -2.15. The Hall–Kier alpha value is -2.27. The van der Waals surface area contributed by atoms with Crippen molar-refractivity contribution in [3.63, 3.8) is 0 Å². The molecule has 1 aromatic carbocycles. The number of imidazole rings is 1. The first-order chi connectivity index (χ1) is 12.1. The molecule has 0 unspecified atom stereocenters. The zero-order chi connectivity index (χ0) is 17.8. The van der Waals surface area contributed by atoms with Crippen LogP contribution in [0.1, 0.15) is 37.4 Å². The summed E-state index contributed by atoms with van der Waals surface area (Å²) in [4.78, 5) is 16.2. The van der Waals surface area contributed by atoms with Crippen LogP contribution >= 0.6 is 11.6 Å². The van der Waals surface area contributed by atoms with Gasteiger partial charge in [-0.3, -0.25) is 9.36 Å². The summed E-state index contributed by atoms with van der Waals surface area (Å²) in [6.07, 6.45) is 4.58. The van der Waals surface area contributed by atoms with Gasteiger partial charge in [0.25, 0.3) is 0 Å². The van der Waals surface area contributed by atoms with E-state index in [9.17, 15) is 4.79 Å². The zero-order valence-electron chi connectivity index (χ0n) is 14.5. The van der Waals surface area contributed by atoms with Crippen LogP contribution in [-0.2, 0) is 17.8 Å². The number of nitrogens with one attached hydrogen (secondary N) is 1. The summed E-state index contributed by atoms with van der Waals surface area (Å²) in [5, 5.41) is 3.84. The van der Waals surface area contributed by atoms with E-state index in [-0.39, 0.29) is 5.78 Å². The number of nitrogens with zero attached hydrogens (tertiary/aromatic N) is 2. The van der Waals surface area contributed by atoms with E-state index in [1.807, 2.05) is 31.3 Å². The molecule has 2 aromatic rings. The second-order valence-corrected chi connectivity index (χ2v) is 6.47. The van der Waals surface area contributed by atoms with Gasteiger partial charge in [0.15, 0.2) is 11.6 Å². The van der Waals surface area contributed by atoms with E-state index in [0.29, 0.717) is 29.8 Å². The number of carbonyl (C=O) groups excluding carboxylic acids is 1. The van der Waals surface area contributed by atoms with Gasteiger partial charge in [0.1, 0.15) is 5.76 Å². The summed E-state index contributed by atoms with van der Waals surface area (Å²) in [7, 11) is 1.85. The van der Waals surface area contributed by atoms with Crippen molar-refractivity contribution in [3.05, 3.63) is 52.4 Å². The number of hydrogen-bond acceptors (Lipinski definition) is 4. The Kier molecular flexibility index (Phi) is 5.43. The fourth-order valence-electron chi connectivity index (χ4n) is 2.99. The highest BCUT2D eigenvalue weighted by atomic mass is 35.5. The Bertz CT molecular complexity index is 794. The molecule has 0 radical (unpaired) electrons. The van der Waals surface area contributed by atoms with Gasteiger partial charge in [0.2, 0.25) is 0 Å². The lowest BCUT2D eigenvalue weighted by molar-refractivity contribution is -0.115. The monoisotopic (exact) mass is 359 g/mol. The maximum absolute atomic E-state index is 11.6. The molecule has 3 rings (SSSR count). The van der Waals surface area contributed by atoms with E-state index < -0.39 is 0 Å². The predicted molar refractivity (Wildman–Crippen MR) is 99.3 cm³/mol. The van der Waals surface area contributed by atoms with Crippen LogP contribution in [0.5, 0.6) is 6.01 Å². The van der Waals surface area contributed by atoms with Crippen molar-refractivity contribution in [2.75, 3.05) is 12.4 Å². The van der Waals surface area contributed by atoms with Crippen molar-refractivity contribution in [2.24, 2.45) is 0 Å². The zero-order valence-corrected chi connectivity index (χ0v) is 15.3. The third-order valence-electron chi connectivity index (χ3n) is 4.25. The smallest absolute Gasteiger partial charge is 0.304 e. The summed E-state index contributed by atoms with van der Waals surface area (Å²) in [5.41, 5.74) is 2.17. The third kappa shape index (κ3) is 4.04. The molecule has 25 heavy (non-hydrogen) atoms. The van der Waals surface area contributed by atoms with Gasteiger partial charge in [0, 0.05) is 31.0 Å². The fourth-order valence-corrected chi connectivity index (χ4v) is 3.12. The van der Waals surface area contributed by atoms with Gasteiger partial charge in [-0.25, -0.2) is 0 Å². The molecule has 1 aromatic heterocycles. The fraction of sp³-hybridized carbons (Fsp3) is 0.368. The number of hydrogen-bond donors (Lipinski definition) is 1. The van der Waals surface area contributed by atoms with E-state index in [0.717, 1.165) is 36.3 Å². The lowest BCUT2D eigenvalue weighted by Crippen LogP contribution is -2.11. The van der Waals surface area contributed by atoms with Gasteiger partial charge in [-0.2, -0.15) is 4.98 Å². The number of benzene rings is 1. The Morgan fingerprint density at radius 2 is 2.04 bits per heavy atom. The molecule has 0 atom stereocenters. The van der Waals surface area contributed by atoms with Gasteiger partial charge in [-0.15, -0.1) is 0 Å². The molecule has 1 heterocycles. The molecule has 0 spiro atoms. The summed E-state index contributed by atoms with van der Waals surface area (Å²) in [6, 6.07) is 8.25. The molecule has 1 aliphatic carbocycles. The molecule has 5 nitrogen and oxygen atoms in total. The van der Waals surface area contributed by atoms with Crippen LogP contribution in [0.2, 0.25) is 5.02 Å². The van der Waals surface area contributed by atoms with E-state index >= 15 is 0 Å². The van der Waals surface area contributed by atoms with Crippen molar-refractivity contribution in [2.45, 2.75) is 39.2 Å². The Balaban J connectivity index is 1.94. The van der Waals surface area contributed by atoms with E-state index in [1.165, 1.54) is 0 Å². The average molecular weight is 360 g/mol. The minimum absolute atomic E-state index is 0.113. The van der Waals surface area contributed by atoms with Crippen molar-refractivity contribution >= 4 is 23.2 Å². The standard InChI is InChI=1S/C19H22ClN3O2/c1-3-17-18(21-2)22-19(25-16-6-4-5-15(24)11-16)23(17)12-13-7-9-14(20)10-8-13/h7-11,21H,3-6,12H2,1-2H3. The number of ketones is 1. The Morgan fingerprint density at radius 3 is 2.68 bits per heavy atom. The van der Waals surface area contributed by atoms with Gasteiger partial charge in [0.05, 0.1) is 12.2 Å². The normalized spacial score (nSPS) is 14.4. The van der Waals surface area contributed by atoms with Crippen LogP contribution in [0, 0.1) is 0 Å². The third-order valence-corrected chi connectivity index (χ3v) is 4.51. The number of carbonyl (C=O) groups is 1. The summed E-state index contributed by atoms with van der Waals surface area (Å²) in [5.74, 6) is 1.60. The first kappa shape index (κ1) is 17.5. The maximum atomic E-state index is 11.6. The summed E-state index contributed by atoms with van der Waals surface area (Å²) >= 11 is 5.98. The molecule has 0 aliphatic heterocycles. The molecule has 1 N–H and O–H groups in total. The van der Waals surface area contributed by atoms with E-state index in [1.54, 1.807) is 6.08 Å². The predicted octanol–water partition coefficient (Wildman–Crippen LogP) is 4.20. The molecular formula is C19H22ClN3O2.